The molecule has 0 aliphatic carbocycles. The molecule has 31 heavy (non-hydrogen) atoms. The Hall–Kier alpha value is -3.13. The molecule has 1 aliphatic rings. The van der Waals surface area contributed by atoms with Gasteiger partial charge in [0.2, 0.25) is 5.91 Å². The van der Waals surface area contributed by atoms with E-state index in [0.29, 0.717) is 5.03 Å². The highest BCUT2D eigenvalue weighted by molar-refractivity contribution is 7.99. The Morgan fingerprint density at radius 2 is 1.74 bits per heavy atom. The Morgan fingerprint density at radius 3 is 2.42 bits per heavy atom. The number of aromatic nitrogens is 2. The summed E-state index contributed by atoms with van der Waals surface area (Å²) in [6.45, 7) is 5.30. The minimum absolute atomic E-state index is 0.0709. The molecule has 2 heterocycles. The molecule has 2 aromatic carbocycles. The molecule has 0 radical (unpaired) electrons. The van der Waals surface area contributed by atoms with Crippen LogP contribution in [0.5, 0.6) is 0 Å². The van der Waals surface area contributed by atoms with E-state index in [0.717, 1.165) is 48.9 Å². The molecule has 1 saturated heterocycles. The zero-order chi connectivity index (χ0) is 21.6. The van der Waals surface area contributed by atoms with Gasteiger partial charge in [-0.05, 0) is 61.0 Å². The van der Waals surface area contributed by atoms with E-state index >= 15 is 0 Å². The molecule has 1 aromatic heterocycles. The van der Waals surface area contributed by atoms with Crippen molar-refractivity contribution in [3.8, 4) is 0 Å². The van der Waals surface area contributed by atoms with E-state index in [2.05, 4.69) is 25.3 Å². The van der Waals surface area contributed by atoms with Crippen LogP contribution >= 0.6 is 11.8 Å². The second-order valence-corrected chi connectivity index (χ2v) is 8.38. The predicted molar refractivity (Wildman–Crippen MR) is 123 cm³/mol. The van der Waals surface area contributed by atoms with Crippen molar-refractivity contribution in [1.29, 1.82) is 0 Å². The molecule has 3 aromatic rings. The summed E-state index contributed by atoms with van der Waals surface area (Å²) in [5.74, 6) is 0.812. The van der Waals surface area contributed by atoms with Gasteiger partial charge in [-0.3, -0.25) is 4.79 Å². The van der Waals surface area contributed by atoms with E-state index in [1.165, 1.54) is 23.9 Å². The maximum absolute atomic E-state index is 13.1. The van der Waals surface area contributed by atoms with Gasteiger partial charge in [0.1, 0.15) is 10.8 Å². The molecule has 0 spiro atoms. The first-order valence-electron chi connectivity index (χ1n) is 10.2. The third kappa shape index (κ3) is 5.73. The molecule has 0 bridgehead atoms. The van der Waals surface area contributed by atoms with Gasteiger partial charge in [-0.15, -0.1) is 10.2 Å². The smallest absolute Gasteiger partial charge is 0.234 e. The summed E-state index contributed by atoms with van der Waals surface area (Å²) >= 11 is 1.36. The molecular weight excluding hydrogens is 413 g/mol. The second kappa shape index (κ2) is 9.78. The quantitative estimate of drug-likeness (QED) is 0.589. The van der Waals surface area contributed by atoms with Crippen LogP contribution in [-0.4, -0.2) is 48.0 Å². The van der Waals surface area contributed by atoms with Crippen LogP contribution < -0.4 is 15.1 Å². The van der Waals surface area contributed by atoms with Gasteiger partial charge in [0.15, 0.2) is 5.82 Å². The summed E-state index contributed by atoms with van der Waals surface area (Å²) in [6.07, 6.45) is 0. The lowest BCUT2D eigenvalue weighted by Gasteiger charge is -2.36. The van der Waals surface area contributed by atoms with Crippen LogP contribution in [0.3, 0.4) is 0 Å². The van der Waals surface area contributed by atoms with Crippen molar-refractivity contribution in [2.75, 3.05) is 47.0 Å². The summed E-state index contributed by atoms with van der Waals surface area (Å²) in [5, 5.41) is 12.2. The Labute approximate surface area is 185 Å². The number of carbonyl (C=O) groups excluding carboxylic acids is 1. The number of amides is 1. The lowest BCUT2D eigenvalue weighted by atomic mass is 10.2. The average molecular weight is 438 g/mol. The first-order valence-corrected chi connectivity index (χ1v) is 11.1. The number of halogens is 1. The molecule has 1 N–H and O–H groups in total. The maximum atomic E-state index is 13.1. The first kappa shape index (κ1) is 21.1. The number of thioether (sulfide) groups is 1. The van der Waals surface area contributed by atoms with Crippen LogP contribution in [0.1, 0.15) is 5.56 Å². The number of carbonyl (C=O) groups is 1. The monoisotopic (exact) mass is 437 g/mol. The van der Waals surface area contributed by atoms with E-state index in [-0.39, 0.29) is 17.5 Å². The topological polar surface area (TPSA) is 61.4 Å². The number of anilines is 3. The van der Waals surface area contributed by atoms with Crippen LogP contribution in [0.25, 0.3) is 0 Å². The highest BCUT2D eigenvalue weighted by Gasteiger charge is 2.19. The van der Waals surface area contributed by atoms with E-state index in [9.17, 15) is 9.18 Å². The zero-order valence-electron chi connectivity index (χ0n) is 17.3. The SMILES string of the molecule is Cc1cccc(NC(=O)CSc2ccc(N3CCN(c4ccc(F)cc4)CC3)nn2)c1. The predicted octanol–water partition coefficient (Wildman–Crippen LogP) is 3.98. The number of nitrogens with zero attached hydrogens (tertiary/aromatic N) is 4. The van der Waals surface area contributed by atoms with Gasteiger partial charge >= 0.3 is 0 Å². The highest BCUT2D eigenvalue weighted by Crippen LogP contribution is 2.21. The van der Waals surface area contributed by atoms with E-state index in [4.69, 9.17) is 0 Å². The van der Waals surface area contributed by atoms with Crippen molar-refractivity contribution < 1.29 is 9.18 Å². The fraction of sp³-hybridized carbons (Fsp3) is 0.261. The molecule has 0 saturated carbocycles. The largest absolute Gasteiger partial charge is 0.368 e. The molecule has 6 nitrogen and oxygen atoms in total. The number of hydrogen-bond acceptors (Lipinski definition) is 6. The molecular formula is C23H24FN5OS. The van der Waals surface area contributed by atoms with Crippen LogP contribution in [-0.2, 0) is 4.79 Å². The third-order valence-electron chi connectivity index (χ3n) is 5.07. The summed E-state index contributed by atoms with van der Waals surface area (Å²) < 4.78 is 13.1. The lowest BCUT2D eigenvalue weighted by molar-refractivity contribution is -0.113. The fourth-order valence-corrected chi connectivity index (χ4v) is 4.08. The Bertz CT molecular complexity index is 1020. The number of rotatable bonds is 6. The molecule has 8 heteroatoms. The van der Waals surface area contributed by atoms with Crippen LogP contribution in [0.15, 0.2) is 65.7 Å². The molecule has 4 rings (SSSR count). The van der Waals surface area contributed by atoms with E-state index < -0.39 is 0 Å². The molecule has 160 valence electrons. The van der Waals surface area contributed by atoms with Gasteiger partial charge in [-0.1, -0.05) is 23.9 Å². The van der Waals surface area contributed by atoms with Crippen LogP contribution in [0, 0.1) is 12.7 Å². The van der Waals surface area contributed by atoms with Gasteiger partial charge in [-0.25, -0.2) is 4.39 Å². The molecule has 1 aliphatic heterocycles. The summed E-state index contributed by atoms with van der Waals surface area (Å²) in [7, 11) is 0. The number of nitrogens with one attached hydrogen (secondary N) is 1. The lowest BCUT2D eigenvalue weighted by Crippen LogP contribution is -2.46. The molecule has 1 amide bonds. The summed E-state index contributed by atoms with van der Waals surface area (Å²) in [4.78, 5) is 16.6. The minimum Gasteiger partial charge on any atom is -0.368 e. The Morgan fingerprint density at radius 1 is 1.00 bits per heavy atom. The molecule has 1 fully saturated rings. The highest BCUT2D eigenvalue weighted by atomic mass is 32.2. The molecule has 0 atom stereocenters. The Kier molecular flexibility index (Phi) is 6.66. The average Bonchev–Trinajstić information content (AvgIpc) is 2.79. The van der Waals surface area contributed by atoms with Gasteiger partial charge in [0, 0.05) is 37.6 Å². The van der Waals surface area contributed by atoms with Crippen molar-refractivity contribution in [3.63, 3.8) is 0 Å². The number of aryl methyl sites for hydroxylation is 1. The van der Waals surface area contributed by atoms with E-state index in [1.807, 2.05) is 55.5 Å². The summed E-state index contributed by atoms with van der Waals surface area (Å²) in [5.41, 5.74) is 2.93. The normalized spacial score (nSPS) is 13.9. The van der Waals surface area contributed by atoms with Gasteiger partial charge in [-0.2, -0.15) is 0 Å². The third-order valence-corrected chi connectivity index (χ3v) is 5.99. The van der Waals surface area contributed by atoms with Crippen molar-refractivity contribution in [1.82, 2.24) is 10.2 Å². The van der Waals surface area contributed by atoms with Crippen molar-refractivity contribution >= 4 is 34.9 Å². The summed E-state index contributed by atoms with van der Waals surface area (Å²) in [6, 6.07) is 18.2. The van der Waals surface area contributed by atoms with Gasteiger partial charge < -0.3 is 15.1 Å². The van der Waals surface area contributed by atoms with E-state index in [1.54, 1.807) is 0 Å². The van der Waals surface area contributed by atoms with Gasteiger partial charge in [0.25, 0.3) is 0 Å². The van der Waals surface area contributed by atoms with Gasteiger partial charge in [0.05, 0.1) is 5.75 Å². The maximum Gasteiger partial charge on any atom is 0.234 e. The van der Waals surface area contributed by atoms with Crippen LogP contribution in [0.2, 0.25) is 0 Å². The standard InChI is InChI=1S/C23H24FN5OS/c1-17-3-2-4-19(15-17)25-22(30)16-31-23-10-9-21(26-27-23)29-13-11-28(12-14-29)20-7-5-18(24)6-8-20/h2-10,15H,11-14,16H2,1H3,(H,25,30). The Balaban J connectivity index is 1.25. The number of piperazine rings is 1. The van der Waals surface area contributed by atoms with Crippen molar-refractivity contribution in [3.05, 3.63) is 72.0 Å². The number of hydrogen-bond donors (Lipinski definition) is 1. The zero-order valence-corrected chi connectivity index (χ0v) is 18.1. The van der Waals surface area contributed by atoms with Crippen molar-refractivity contribution in [2.45, 2.75) is 11.9 Å². The fourth-order valence-electron chi connectivity index (χ4n) is 3.46. The second-order valence-electron chi connectivity index (χ2n) is 7.39. The molecule has 0 unspecified atom stereocenters. The van der Waals surface area contributed by atoms with Crippen molar-refractivity contribution in [2.24, 2.45) is 0 Å². The minimum atomic E-state index is -0.219. The first-order chi connectivity index (χ1) is 15.1. The van der Waals surface area contributed by atoms with Crippen LogP contribution in [0.4, 0.5) is 21.6 Å². The number of benzene rings is 2.